The number of halogens is 2. The lowest BCUT2D eigenvalue weighted by Gasteiger charge is -2.04. The topological polar surface area (TPSA) is 50.9 Å². The van der Waals surface area contributed by atoms with Gasteiger partial charge in [0, 0.05) is 17.4 Å². The number of nitrogens with zero attached hydrogens (tertiary/aromatic N) is 1. The Morgan fingerprint density at radius 2 is 1.94 bits per heavy atom. The molecule has 1 heterocycles. The predicted octanol–water partition coefficient (Wildman–Crippen LogP) is 3.11. The Morgan fingerprint density at radius 1 is 1.12 bits per heavy atom. The minimum Gasteiger partial charge on any atom is -0.324 e. The summed E-state index contributed by atoms with van der Waals surface area (Å²) in [4.78, 5) is 4.02. The van der Waals surface area contributed by atoms with Gasteiger partial charge in [0.05, 0.1) is 0 Å². The van der Waals surface area contributed by atoms with Crippen LogP contribution in [0.15, 0.2) is 42.6 Å². The quantitative estimate of drug-likeness (QED) is 0.493. The van der Waals surface area contributed by atoms with Crippen LogP contribution in [0.2, 0.25) is 5.15 Å². The molecule has 0 unspecified atom stereocenters. The maximum atomic E-state index is 5.71. The summed E-state index contributed by atoms with van der Waals surface area (Å²) < 4.78 is 0. The van der Waals surface area contributed by atoms with Crippen LogP contribution in [-0.2, 0) is 0 Å². The van der Waals surface area contributed by atoms with Gasteiger partial charge in [0.25, 0.3) is 0 Å². The van der Waals surface area contributed by atoms with Gasteiger partial charge in [-0.05, 0) is 29.8 Å². The molecule has 0 fully saturated rings. The normalized spacial score (nSPS) is 9.38. The molecule has 1 aromatic heterocycles. The third-order valence-electron chi connectivity index (χ3n) is 2.09. The highest BCUT2D eigenvalue weighted by Crippen LogP contribution is 2.22. The zero-order valence-electron chi connectivity index (χ0n) is 8.35. The average molecular weight is 256 g/mol. The molecule has 0 bridgehead atoms. The van der Waals surface area contributed by atoms with Crippen LogP contribution in [0, 0.1) is 0 Å². The van der Waals surface area contributed by atoms with E-state index in [0.29, 0.717) is 5.15 Å². The number of hydrogen-bond donors (Lipinski definition) is 2. The van der Waals surface area contributed by atoms with Gasteiger partial charge in [-0.2, -0.15) is 0 Å². The van der Waals surface area contributed by atoms with Crippen molar-refractivity contribution in [1.29, 1.82) is 0 Å². The number of pyridine rings is 1. The molecule has 0 aliphatic heterocycles. The van der Waals surface area contributed by atoms with Gasteiger partial charge in [0.2, 0.25) is 0 Å². The van der Waals surface area contributed by atoms with Crippen molar-refractivity contribution in [3.63, 3.8) is 0 Å². The number of benzene rings is 1. The van der Waals surface area contributed by atoms with Gasteiger partial charge in [-0.15, -0.1) is 12.4 Å². The second kappa shape index (κ2) is 5.70. The van der Waals surface area contributed by atoms with Gasteiger partial charge in [0.1, 0.15) is 5.15 Å². The molecule has 0 spiro atoms. The Kier molecular flexibility index (Phi) is 4.55. The molecule has 0 atom stereocenters. The molecular weight excluding hydrogens is 245 g/mol. The van der Waals surface area contributed by atoms with Crippen LogP contribution in [0.3, 0.4) is 0 Å². The van der Waals surface area contributed by atoms with E-state index in [4.69, 9.17) is 17.4 Å². The molecule has 0 amide bonds. The largest absolute Gasteiger partial charge is 0.324 e. The lowest BCUT2D eigenvalue weighted by Crippen LogP contribution is -2.06. The van der Waals surface area contributed by atoms with Gasteiger partial charge in [-0.25, -0.2) is 4.98 Å². The van der Waals surface area contributed by atoms with Crippen molar-refractivity contribution in [3.05, 3.63) is 47.7 Å². The first-order valence-corrected chi connectivity index (χ1v) is 4.86. The highest BCUT2D eigenvalue weighted by molar-refractivity contribution is 6.29. The van der Waals surface area contributed by atoms with Gasteiger partial charge >= 0.3 is 0 Å². The van der Waals surface area contributed by atoms with Gasteiger partial charge in [0.15, 0.2) is 0 Å². The van der Waals surface area contributed by atoms with Crippen molar-refractivity contribution in [2.24, 2.45) is 5.84 Å². The monoisotopic (exact) mass is 255 g/mol. The van der Waals surface area contributed by atoms with Crippen molar-refractivity contribution in [3.8, 4) is 11.1 Å². The first kappa shape index (κ1) is 12.8. The van der Waals surface area contributed by atoms with Crippen molar-refractivity contribution < 1.29 is 0 Å². The average Bonchev–Trinajstić information content (AvgIpc) is 2.30. The number of nitrogens with two attached hydrogens (primary N) is 1. The Morgan fingerprint density at radius 3 is 2.56 bits per heavy atom. The van der Waals surface area contributed by atoms with E-state index in [1.807, 2.05) is 30.3 Å². The maximum Gasteiger partial charge on any atom is 0.129 e. The second-order valence-corrected chi connectivity index (χ2v) is 3.48. The summed E-state index contributed by atoms with van der Waals surface area (Å²) in [5.74, 6) is 5.33. The second-order valence-electron chi connectivity index (χ2n) is 3.09. The van der Waals surface area contributed by atoms with Crippen LogP contribution in [0.1, 0.15) is 0 Å². The zero-order valence-corrected chi connectivity index (χ0v) is 9.92. The Hall–Kier alpha value is -1.29. The fourth-order valence-electron chi connectivity index (χ4n) is 1.34. The summed E-state index contributed by atoms with van der Waals surface area (Å²) in [6.45, 7) is 0. The zero-order chi connectivity index (χ0) is 10.7. The van der Waals surface area contributed by atoms with Gasteiger partial charge in [-0.3, -0.25) is 5.84 Å². The summed E-state index contributed by atoms with van der Waals surface area (Å²) in [6, 6.07) is 11.5. The molecule has 84 valence electrons. The number of anilines is 1. The molecule has 0 saturated heterocycles. The molecule has 0 saturated carbocycles. The number of aromatic nitrogens is 1. The molecule has 0 aliphatic rings. The minimum atomic E-state index is 0. The highest BCUT2D eigenvalue weighted by atomic mass is 35.5. The smallest absolute Gasteiger partial charge is 0.129 e. The predicted molar refractivity (Wildman–Crippen MR) is 69.7 cm³/mol. The van der Waals surface area contributed by atoms with E-state index in [2.05, 4.69) is 10.4 Å². The summed E-state index contributed by atoms with van der Waals surface area (Å²) in [5.41, 5.74) is 5.53. The minimum absolute atomic E-state index is 0. The number of nitrogen functional groups attached to an aromatic ring is 1. The summed E-state index contributed by atoms with van der Waals surface area (Å²) >= 11 is 5.71. The van der Waals surface area contributed by atoms with Gasteiger partial charge < -0.3 is 5.43 Å². The number of hydrogen-bond acceptors (Lipinski definition) is 3. The fraction of sp³-hybridized carbons (Fsp3) is 0. The van der Waals surface area contributed by atoms with E-state index in [1.54, 1.807) is 12.3 Å². The number of rotatable bonds is 2. The van der Waals surface area contributed by atoms with Crippen molar-refractivity contribution in [2.45, 2.75) is 0 Å². The van der Waals surface area contributed by atoms with Gasteiger partial charge in [-0.1, -0.05) is 23.7 Å². The van der Waals surface area contributed by atoms with Crippen LogP contribution in [0.5, 0.6) is 0 Å². The van der Waals surface area contributed by atoms with E-state index in [1.165, 1.54) is 0 Å². The van der Waals surface area contributed by atoms with Crippen LogP contribution >= 0.6 is 24.0 Å². The molecular formula is C11H11Cl2N3. The lowest BCUT2D eigenvalue weighted by atomic mass is 10.1. The van der Waals surface area contributed by atoms with E-state index >= 15 is 0 Å². The summed E-state index contributed by atoms with van der Waals surface area (Å²) in [7, 11) is 0. The first-order chi connectivity index (χ1) is 7.29. The van der Waals surface area contributed by atoms with Crippen LogP contribution in [0.25, 0.3) is 11.1 Å². The molecule has 3 nitrogen and oxygen atoms in total. The maximum absolute atomic E-state index is 5.71. The molecule has 0 aliphatic carbocycles. The van der Waals surface area contributed by atoms with Crippen LogP contribution in [-0.4, -0.2) is 4.98 Å². The Balaban J connectivity index is 0.00000128. The third-order valence-corrected chi connectivity index (χ3v) is 2.31. The van der Waals surface area contributed by atoms with Crippen molar-refractivity contribution in [2.75, 3.05) is 5.43 Å². The molecule has 3 N–H and O–H groups in total. The molecule has 16 heavy (non-hydrogen) atoms. The Labute approximate surface area is 105 Å². The lowest BCUT2D eigenvalue weighted by molar-refractivity contribution is 1.32. The standard InChI is InChI=1S/C11H10ClN3.ClH/c12-11-5-4-9(7-14-11)8-2-1-3-10(6-8)15-13;/h1-7,15H,13H2;1H. The molecule has 2 aromatic rings. The summed E-state index contributed by atoms with van der Waals surface area (Å²) in [5, 5.41) is 0.492. The molecule has 1 aromatic carbocycles. The van der Waals surface area contributed by atoms with Crippen LogP contribution in [0.4, 0.5) is 5.69 Å². The SMILES string of the molecule is Cl.NNc1cccc(-c2ccc(Cl)nc2)c1. The number of hydrazine groups is 1. The van der Waals surface area contributed by atoms with Crippen molar-refractivity contribution in [1.82, 2.24) is 4.98 Å². The van der Waals surface area contributed by atoms with Crippen molar-refractivity contribution >= 4 is 29.7 Å². The summed E-state index contributed by atoms with van der Waals surface area (Å²) in [6.07, 6.45) is 1.73. The van der Waals surface area contributed by atoms with E-state index in [9.17, 15) is 0 Å². The fourth-order valence-corrected chi connectivity index (χ4v) is 1.45. The van der Waals surface area contributed by atoms with E-state index in [-0.39, 0.29) is 12.4 Å². The first-order valence-electron chi connectivity index (χ1n) is 4.48. The molecule has 2 rings (SSSR count). The Bertz CT molecular complexity index is 457. The molecule has 0 radical (unpaired) electrons. The third kappa shape index (κ3) is 2.85. The number of nitrogens with one attached hydrogen (secondary N) is 1. The van der Waals surface area contributed by atoms with E-state index in [0.717, 1.165) is 16.8 Å². The highest BCUT2D eigenvalue weighted by Gasteiger charge is 1.98. The van der Waals surface area contributed by atoms with E-state index < -0.39 is 0 Å². The molecule has 5 heteroatoms. The van der Waals surface area contributed by atoms with Crippen LogP contribution < -0.4 is 11.3 Å².